The van der Waals surface area contributed by atoms with Crippen LogP contribution < -0.4 is 4.90 Å². The van der Waals surface area contributed by atoms with E-state index < -0.39 is 17.5 Å². The Morgan fingerprint density at radius 3 is 2.43 bits per heavy atom. The molecule has 1 amide bonds. The van der Waals surface area contributed by atoms with Crippen molar-refractivity contribution in [2.24, 2.45) is 0 Å². The third-order valence-corrected chi connectivity index (χ3v) is 4.09. The van der Waals surface area contributed by atoms with E-state index in [1.165, 1.54) is 0 Å². The van der Waals surface area contributed by atoms with E-state index in [0.29, 0.717) is 26.2 Å². The molecule has 4 nitrogen and oxygen atoms in total. The number of benzene rings is 1. The molecule has 1 aromatic heterocycles. The maximum absolute atomic E-state index is 13.3. The van der Waals surface area contributed by atoms with Crippen molar-refractivity contribution in [2.75, 3.05) is 31.1 Å². The molecule has 1 saturated heterocycles. The van der Waals surface area contributed by atoms with Crippen LogP contribution in [-0.4, -0.2) is 42.0 Å². The molecule has 3 rings (SSSR count). The van der Waals surface area contributed by atoms with E-state index in [1.54, 1.807) is 11.1 Å². The molecule has 2 aromatic rings. The summed E-state index contributed by atoms with van der Waals surface area (Å²) in [6, 6.07) is 7.33. The van der Waals surface area contributed by atoms with Gasteiger partial charge in [0.1, 0.15) is 5.82 Å². The second kappa shape index (κ2) is 6.50. The lowest BCUT2D eigenvalue weighted by molar-refractivity contribution is 0.0746. The maximum atomic E-state index is 13.3. The van der Waals surface area contributed by atoms with E-state index in [4.69, 9.17) is 11.6 Å². The van der Waals surface area contributed by atoms with Gasteiger partial charge in [-0.05, 0) is 24.3 Å². The Labute approximate surface area is 137 Å². The zero-order valence-electron chi connectivity index (χ0n) is 12.2. The van der Waals surface area contributed by atoms with Crippen molar-refractivity contribution < 1.29 is 13.6 Å². The first-order chi connectivity index (χ1) is 11.1. The van der Waals surface area contributed by atoms with Crippen molar-refractivity contribution in [1.29, 1.82) is 0 Å². The van der Waals surface area contributed by atoms with E-state index in [-0.39, 0.29) is 10.6 Å². The van der Waals surface area contributed by atoms with Crippen LogP contribution in [0.3, 0.4) is 0 Å². The quantitative estimate of drug-likeness (QED) is 0.791. The summed E-state index contributed by atoms with van der Waals surface area (Å²) in [6.07, 6.45) is 1.72. The maximum Gasteiger partial charge on any atom is 0.255 e. The summed E-state index contributed by atoms with van der Waals surface area (Å²) in [7, 11) is 0. The molecule has 7 heteroatoms. The van der Waals surface area contributed by atoms with E-state index in [2.05, 4.69) is 9.88 Å². The number of piperazine rings is 1. The summed E-state index contributed by atoms with van der Waals surface area (Å²) >= 11 is 5.87. The highest BCUT2D eigenvalue weighted by Gasteiger charge is 2.25. The highest BCUT2D eigenvalue weighted by atomic mass is 35.5. The summed E-state index contributed by atoms with van der Waals surface area (Å²) < 4.78 is 26.5. The van der Waals surface area contributed by atoms with Gasteiger partial charge in [0.2, 0.25) is 0 Å². The van der Waals surface area contributed by atoms with Gasteiger partial charge >= 0.3 is 0 Å². The topological polar surface area (TPSA) is 36.4 Å². The molecule has 2 heterocycles. The van der Waals surface area contributed by atoms with Crippen LogP contribution in [0.5, 0.6) is 0 Å². The number of hydrogen-bond acceptors (Lipinski definition) is 3. The molecule has 0 saturated carbocycles. The normalized spacial score (nSPS) is 14.9. The van der Waals surface area contributed by atoms with Crippen LogP contribution >= 0.6 is 11.6 Å². The molecule has 1 fully saturated rings. The van der Waals surface area contributed by atoms with E-state index in [9.17, 15) is 13.6 Å². The molecule has 0 unspecified atom stereocenters. The van der Waals surface area contributed by atoms with Crippen molar-refractivity contribution in [3.8, 4) is 0 Å². The summed E-state index contributed by atoms with van der Waals surface area (Å²) in [4.78, 5) is 20.4. The second-order valence-electron chi connectivity index (χ2n) is 5.21. The predicted molar refractivity (Wildman–Crippen MR) is 83.7 cm³/mol. The average Bonchev–Trinajstić information content (AvgIpc) is 2.58. The lowest BCUT2D eigenvalue weighted by atomic mass is 10.1. The lowest BCUT2D eigenvalue weighted by Crippen LogP contribution is -2.49. The standard InChI is InChI=1S/C16H14ClF2N3O/c17-12-10-14(19)13(18)9-11(12)16(23)22-7-5-21(6-8-22)15-3-1-2-4-20-15/h1-4,9-10H,5-8H2. The number of hydrogen-bond donors (Lipinski definition) is 0. The van der Waals surface area contributed by atoms with Crippen LogP contribution in [0.4, 0.5) is 14.6 Å². The molecule has 0 aliphatic carbocycles. The Bertz CT molecular complexity index is 719. The van der Waals surface area contributed by atoms with Gasteiger partial charge in [-0.1, -0.05) is 17.7 Å². The van der Waals surface area contributed by atoms with Crippen LogP contribution in [-0.2, 0) is 0 Å². The van der Waals surface area contributed by atoms with Crippen LogP contribution in [0, 0.1) is 11.6 Å². The predicted octanol–water partition coefficient (Wildman–Crippen LogP) is 2.98. The number of aromatic nitrogens is 1. The summed E-state index contributed by atoms with van der Waals surface area (Å²) in [5.41, 5.74) is -0.0168. The molecule has 1 aromatic carbocycles. The Morgan fingerprint density at radius 1 is 1.09 bits per heavy atom. The van der Waals surface area contributed by atoms with Gasteiger partial charge in [0.15, 0.2) is 11.6 Å². The highest BCUT2D eigenvalue weighted by molar-refractivity contribution is 6.33. The van der Waals surface area contributed by atoms with Gasteiger partial charge in [0.25, 0.3) is 5.91 Å². The molecule has 0 spiro atoms. The van der Waals surface area contributed by atoms with Crippen molar-refractivity contribution in [3.63, 3.8) is 0 Å². The number of carbonyl (C=O) groups excluding carboxylic acids is 1. The van der Waals surface area contributed by atoms with Crippen LogP contribution in [0.25, 0.3) is 0 Å². The van der Waals surface area contributed by atoms with Gasteiger partial charge < -0.3 is 9.80 Å². The second-order valence-corrected chi connectivity index (χ2v) is 5.62. The summed E-state index contributed by atoms with van der Waals surface area (Å²) in [5.74, 6) is -1.68. The minimum absolute atomic E-state index is 0.0168. The Hall–Kier alpha value is -2.21. The van der Waals surface area contributed by atoms with E-state index in [0.717, 1.165) is 18.0 Å². The third kappa shape index (κ3) is 3.27. The molecule has 0 bridgehead atoms. The van der Waals surface area contributed by atoms with Gasteiger partial charge in [-0.3, -0.25) is 4.79 Å². The van der Waals surface area contributed by atoms with Gasteiger partial charge in [-0.2, -0.15) is 0 Å². The zero-order valence-corrected chi connectivity index (χ0v) is 12.9. The van der Waals surface area contributed by atoms with E-state index in [1.807, 2.05) is 18.2 Å². The summed E-state index contributed by atoms with van der Waals surface area (Å²) in [6.45, 7) is 2.16. The summed E-state index contributed by atoms with van der Waals surface area (Å²) in [5, 5.41) is -0.0824. The number of anilines is 1. The fraction of sp³-hybridized carbons (Fsp3) is 0.250. The SMILES string of the molecule is O=C(c1cc(F)c(F)cc1Cl)N1CCN(c2ccccn2)CC1. The fourth-order valence-corrected chi connectivity index (χ4v) is 2.77. The first kappa shape index (κ1) is 15.7. The molecule has 1 aliphatic heterocycles. The number of pyridine rings is 1. The van der Waals surface area contributed by atoms with Crippen LogP contribution in [0.1, 0.15) is 10.4 Å². The molecule has 0 radical (unpaired) electrons. The Balaban J connectivity index is 1.70. The van der Waals surface area contributed by atoms with Gasteiger partial charge in [-0.25, -0.2) is 13.8 Å². The van der Waals surface area contributed by atoms with E-state index >= 15 is 0 Å². The number of nitrogens with zero attached hydrogens (tertiary/aromatic N) is 3. The van der Waals surface area contributed by atoms with Crippen molar-refractivity contribution >= 4 is 23.3 Å². The van der Waals surface area contributed by atoms with Gasteiger partial charge in [0, 0.05) is 32.4 Å². The van der Waals surface area contributed by atoms with Crippen LogP contribution in [0.2, 0.25) is 5.02 Å². The third-order valence-electron chi connectivity index (χ3n) is 3.78. The zero-order chi connectivity index (χ0) is 16.4. The molecular weight excluding hydrogens is 324 g/mol. The first-order valence-corrected chi connectivity index (χ1v) is 7.54. The number of carbonyl (C=O) groups is 1. The molecular formula is C16H14ClF2N3O. The molecule has 0 N–H and O–H groups in total. The number of rotatable bonds is 2. The van der Waals surface area contributed by atoms with Crippen LogP contribution in [0.15, 0.2) is 36.5 Å². The number of amides is 1. The minimum atomic E-state index is -1.08. The molecule has 1 aliphatic rings. The monoisotopic (exact) mass is 337 g/mol. The molecule has 23 heavy (non-hydrogen) atoms. The van der Waals surface area contributed by atoms with Gasteiger partial charge in [0.05, 0.1) is 10.6 Å². The lowest BCUT2D eigenvalue weighted by Gasteiger charge is -2.35. The minimum Gasteiger partial charge on any atom is -0.353 e. The Kier molecular flexibility index (Phi) is 4.43. The average molecular weight is 338 g/mol. The molecule has 0 atom stereocenters. The highest BCUT2D eigenvalue weighted by Crippen LogP contribution is 2.22. The number of halogens is 3. The van der Waals surface area contributed by atoms with Crippen molar-refractivity contribution in [1.82, 2.24) is 9.88 Å². The first-order valence-electron chi connectivity index (χ1n) is 7.16. The Morgan fingerprint density at radius 2 is 1.78 bits per heavy atom. The van der Waals surface area contributed by atoms with Crippen molar-refractivity contribution in [2.45, 2.75) is 0 Å². The smallest absolute Gasteiger partial charge is 0.255 e. The van der Waals surface area contributed by atoms with Gasteiger partial charge in [-0.15, -0.1) is 0 Å². The fourth-order valence-electron chi connectivity index (χ4n) is 2.54. The molecule has 120 valence electrons. The largest absolute Gasteiger partial charge is 0.353 e. The van der Waals surface area contributed by atoms with Crippen molar-refractivity contribution in [3.05, 3.63) is 58.7 Å².